The molecule has 0 nitrogen and oxygen atoms in total. The third kappa shape index (κ3) is 19.7. The van der Waals surface area contributed by atoms with E-state index in [0.717, 1.165) is 0 Å². The summed E-state index contributed by atoms with van der Waals surface area (Å²) >= 11 is 0. The third-order valence-corrected chi connectivity index (χ3v) is 0. The van der Waals surface area contributed by atoms with Crippen molar-refractivity contribution in [1.82, 2.24) is 0 Å². The fourth-order valence-electron chi connectivity index (χ4n) is 0. The van der Waals surface area contributed by atoms with E-state index in [9.17, 15) is 0 Å². The Morgan fingerprint density at radius 2 is 1.00 bits per heavy atom. The van der Waals surface area contributed by atoms with Crippen LogP contribution in [0.5, 0.6) is 0 Å². The van der Waals surface area contributed by atoms with Gasteiger partial charge in [0.15, 0.2) is 0 Å². The molecule has 0 atom stereocenters. The van der Waals surface area contributed by atoms with Crippen LogP contribution >= 0.6 is 24.0 Å². The molecular formula is HCuFeIMnZn. The quantitative estimate of drug-likeness (QED) is 0.435. The van der Waals surface area contributed by atoms with Crippen LogP contribution in [0, 0.1) is 0 Å². The Kier molecular flexibility index (Phi) is 254. The van der Waals surface area contributed by atoms with E-state index in [4.69, 9.17) is 0 Å². The van der Waals surface area contributed by atoms with Gasteiger partial charge in [-0.15, -0.1) is 24.0 Å². The number of rotatable bonds is 0. The molecule has 0 saturated heterocycles. The van der Waals surface area contributed by atoms with E-state index < -0.39 is 0 Å². The summed E-state index contributed by atoms with van der Waals surface area (Å²) in [6, 6.07) is 0. The van der Waals surface area contributed by atoms with Gasteiger partial charge in [0.05, 0.1) is 0 Å². The molecule has 0 saturated carbocycles. The molecule has 5 heteroatoms. The molecule has 0 aromatic carbocycles. The van der Waals surface area contributed by atoms with E-state index >= 15 is 0 Å². The Morgan fingerprint density at radius 3 is 1.00 bits per heavy atom. The van der Waals surface area contributed by atoms with E-state index in [0.29, 0.717) is 0 Å². The molecular weight excluding hydrogens is 367 g/mol. The van der Waals surface area contributed by atoms with Crippen molar-refractivity contribution in [1.29, 1.82) is 0 Å². The molecule has 0 bridgehead atoms. The van der Waals surface area contributed by atoms with Crippen LogP contribution in [0.3, 0.4) is 0 Å². The summed E-state index contributed by atoms with van der Waals surface area (Å²) in [6.45, 7) is 0. The minimum absolute atomic E-state index is 0. The van der Waals surface area contributed by atoms with Gasteiger partial charge < -0.3 is 0 Å². The van der Waals surface area contributed by atoms with Crippen molar-refractivity contribution in [2.45, 2.75) is 0 Å². The van der Waals surface area contributed by atoms with Gasteiger partial charge in [-0.1, -0.05) is 0 Å². The molecule has 0 N–H and O–H groups in total. The minimum Gasteiger partial charge on any atom is -0.107 e. The summed E-state index contributed by atoms with van der Waals surface area (Å²) < 4.78 is 0. The predicted molar refractivity (Wildman–Crippen MR) is 15.4 cm³/mol. The molecule has 0 aliphatic rings. The van der Waals surface area contributed by atoms with Crippen molar-refractivity contribution < 1.29 is 70.7 Å². The predicted octanol–water partition coefficient (Wildman–Crippen LogP) is 0.608. The summed E-state index contributed by atoms with van der Waals surface area (Å²) in [5.74, 6) is 0. The van der Waals surface area contributed by atoms with Crippen LogP contribution in [0.2, 0.25) is 0 Å². The number of halogens is 1. The first-order valence-electron chi connectivity index (χ1n) is 0. The van der Waals surface area contributed by atoms with Crippen LogP contribution in [0.4, 0.5) is 0 Å². The van der Waals surface area contributed by atoms with Crippen LogP contribution < -0.4 is 0 Å². The van der Waals surface area contributed by atoms with Gasteiger partial charge >= 0.3 is 0 Å². The van der Waals surface area contributed by atoms with Gasteiger partial charge in [0.25, 0.3) is 0 Å². The van der Waals surface area contributed by atoms with E-state index in [2.05, 4.69) is 0 Å². The molecule has 36 valence electrons. The van der Waals surface area contributed by atoms with Gasteiger partial charge in [0, 0.05) is 70.7 Å². The maximum Gasteiger partial charge on any atom is 0 e. The average Bonchev–Trinajstić information content (AvgIpc) is 0. The summed E-state index contributed by atoms with van der Waals surface area (Å²) in [6.07, 6.45) is 0. The Labute approximate surface area is 93.2 Å². The number of hydrogen-bond donors (Lipinski definition) is 0. The van der Waals surface area contributed by atoms with Crippen LogP contribution in [0.1, 0.15) is 0 Å². The van der Waals surface area contributed by atoms with Crippen molar-refractivity contribution in [3.05, 3.63) is 0 Å². The van der Waals surface area contributed by atoms with Gasteiger partial charge in [-0.2, -0.15) is 0 Å². The molecule has 0 aromatic rings. The molecule has 0 spiro atoms. The van der Waals surface area contributed by atoms with E-state index in [1.807, 2.05) is 0 Å². The second-order valence-electron chi connectivity index (χ2n) is 0. The first-order chi connectivity index (χ1) is 0. The average molecular weight is 368 g/mol. The van der Waals surface area contributed by atoms with Crippen molar-refractivity contribution in [2.75, 3.05) is 0 Å². The summed E-state index contributed by atoms with van der Waals surface area (Å²) in [5.41, 5.74) is 0. The van der Waals surface area contributed by atoms with Gasteiger partial charge in [-0.25, -0.2) is 0 Å². The largest absolute Gasteiger partial charge is 0.107 e. The maximum atomic E-state index is 0. The molecule has 0 fully saturated rings. The maximum absolute atomic E-state index is 0. The topological polar surface area (TPSA) is 0 Å². The minimum atomic E-state index is 0. The van der Waals surface area contributed by atoms with Crippen LogP contribution in [-0.2, 0) is 70.7 Å². The molecule has 0 rings (SSSR count). The van der Waals surface area contributed by atoms with Crippen molar-refractivity contribution in [2.24, 2.45) is 0 Å². The zero-order valence-corrected chi connectivity index (χ0v) is 10.7. The van der Waals surface area contributed by atoms with Gasteiger partial charge in [-0.05, 0) is 0 Å². The Hall–Kier alpha value is 2.91. The summed E-state index contributed by atoms with van der Waals surface area (Å²) in [5, 5.41) is 0. The second-order valence-corrected chi connectivity index (χ2v) is 0. The number of hydrogen-bond acceptors (Lipinski definition) is 0. The van der Waals surface area contributed by atoms with E-state index in [-0.39, 0.29) is 94.7 Å². The third-order valence-electron chi connectivity index (χ3n) is 0. The fraction of sp³-hybridized carbons (Fsp3) is 0. The normalized spacial score (nSPS) is 0. The van der Waals surface area contributed by atoms with Crippen LogP contribution in [-0.4, -0.2) is 0 Å². The molecule has 0 aromatic heterocycles. The van der Waals surface area contributed by atoms with Crippen LogP contribution in [0.25, 0.3) is 0 Å². The first-order valence-corrected chi connectivity index (χ1v) is 0. The second kappa shape index (κ2) is 28.5. The fourth-order valence-corrected chi connectivity index (χ4v) is 0. The first kappa shape index (κ1) is 44.6. The summed E-state index contributed by atoms with van der Waals surface area (Å²) in [7, 11) is 0. The van der Waals surface area contributed by atoms with Crippen LogP contribution in [0.15, 0.2) is 0 Å². The van der Waals surface area contributed by atoms with Gasteiger partial charge in [-0.3, -0.25) is 0 Å². The van der Waals surface area contributed by atoms with E-state index in [1.165, 1.54) is 0 Å². The zero-order chi connectivity index (χ0) is 0. The zero-order valence-electron chi connectivity index (χ0n) is 2.15. The SMILES string of the molecule is I.[Cu].[Fe].[Mn].[Zn]. The molecule has 0 aliphatic heterocycles. The Bertz CT molecular complexity index is 11.6. The van der Waals surface area contributed by atoms with Crippen molar-refractivity contribution >= 4 is 24.0 Å². The monoisotopic (exact) mass is 366 g/mol. The van der Waals surface area contributed by atoms with Gasteiger partial charge in [0.2, 0.25) is 0 Å². The van der Waals surface area contributed by atoms with Crippen molar-refractivity contribution in [3.8, 4) is 0 Å². The molecule has 0 amide bonds. The van der Waals surface area contributed by atoms with E-state index in [1.54, 1.807) is 0 Å². The van der Waals surface area contributed by atoms with Crippen molar-refractivity contribution in [3.63, 3.8) is 0 Å². The molecule has 0 heterocycles. The molecule has 5 heavy (non-hydrogen) atoms. The molecule has 0 unspecified atom stereocenters. The summed E-state index contributed by atoms with van der Waals surface area (Å²) in [4.78, 5) is 0. The van der Waals surface area contributed by atoms with Gasteiger partial charge in [0.1, 0.15) is 0 Å². The Morgan fingerprint density at radius 1 is 1.00 bits per heavy atom. The smallest absolute Gasteiger partial charge is 0 e. The molecule has 2 radical (unpaired) electrons. The standard InChI is InChI=1S/Cu.Fe.HI.Mn.Zn/h;;1H;;. The Balaban J connectivity index is 0. The molecule has 0 aliphatic carbocycles.